The average molecular weight is 136 g/mol. The molecule has 0 fully saturated rings. The molecule has 0 rings (SSSR count). The summed E-state index contributed by atoms with van der Waals surface area (Å²) in [4.78, 5) is 0. The van der Waals surface area contributed by atoms with Crippen molar-refractivity contribution < 1.29 is 0 Å². The molecule has 0 aromatic carbocycles. The van der Waals surface area contributed by atoms with Crippen LogP contribution in [0.25, 0.3) is 0 Å². The highest BCUT2D eigenvalue weighted by Crippen LogP contribution is 1.71. The van der Waals surface area contributed by atoms with Crippen molar-refractivity contribution in [2.45, 2.75) is 20.8 Å². The van der Waals surface area contributed by atoms with Crippen LogP contribution in [0.2, 0.25) is 0 Å². The molecular formula is C10H16. The third kappa shape index (κ3) is 15.8. The molecule has 0 aliphatic heterocycles. The lowest BCUT2D eigenvalue weighted by Gasteiger charge is -1.61. The van der Waals surface area contributed by atoms with Crippen LogP contribution < -0.4 is 0 Å². The van der Waals surface area contributed by atoms with E-state index in [0.717, 1.165) is 0 Å². The van der Waals surface area contributed by atoms with Gasteiger partial charge in [0.2, 0.25) is 0 Å². The van der Waals surface area contributed by atoms with Crippen LogP contribution in [0.4, 0.5) is 0 Å². The lowest BCUT2D eigenvalue weighted by molar-refractivity contribution is 1.50. The van der Waals surface area contributed by atoms with Gasteiger partial charge in [0.15, 0.2) is 0 Å². The van der Waals surface area contributed by atoms with Crippen molar-refractivity contribution in [3.63, 3.8) is 0 Å². The molecule has 0 unspecified atom stereocenters. The van der Waals surface area contributed by atoms with Crippen LogP contribution in [-0.4, -0.2) is 0 Å². The zero-order chi connectivity index (χ0) is 8.24. The first-order valence-corrected chi connectivity index (χ1v) is 3.56. The highest BCUT2D eigenvalue weighted by Gasteiger charge is 1.50. The van der Waals surface area contributed by atoms with Gasteiger partial charge in [0.05, 0.1) is 0 Å². The summed E-state index contributed by atoms with van der Waals surface area (Å²) < 4.78 is 0. The van der Waals surface area contributed by atoms with Crippen LogP contribution in [0.5, 0.6) is 0 Å². The fraction of sp³-hybridized carbons (Fsp3) is 0.300. The topological polar surface area (TPSA) is 0 Å². The molecule has 0 aliphatic carbocycles. The van der Waals surface area contributed by atoms with E-state index in [-0.39, 0.29) is 0 Å². The first-order chi connectivity index (χ1) is 4.91. The van der Waals surface area contributed by atoms with Crippen LogP contribution in [0.3, 0.4) is 0 Å². The SMILES string of the molecule is C=CC=C=C/C=C\C.CC. The van der Waals surface area contributed by atoms with Crippen molar-refractivity contribution >= 4 is 0 Å². The van der Waals surface area contributed by atoms with Gasteiger partial charge < -0.3 is 0 Å². The second-order valence-corrected chi connectivity index (χ2v) is 1.26. The van der Waals surface area contributed by atoms with Crippen LogP contribution in [-0.2, 0) is 0 Å². The summed E-state index contributed by atoms with van der Waals surface area (Å²) in [6.07, 6.45) is 9.16. The molecular weight excluding hydrogens is 120 g/mol. The molecule has 0 bridgehead atoms. The molecule has 0 atom stereocenters. The molecule has 0 aliphatic rings. The highest BCUT2D eigenvalue weighted by atomic mass is 13.6. The minimum Gasteiger partial charge on any atom is -0.121 e. The quantitative estimate of drug-likeness (QED) is 0.402. The maximum Gasteiger partial charge on any atom is -0.0203 e. The Kier molecular flexibility index (Phi) is 18.4. The van der Waals surface area contributed by atoms with Gasteiger partial charge in [-0.3, -0.25) is 0 Å². The van der Waals surface area contributed by atoms with Crippen molar-refractivity contribution in [2.75, 3.05) is 0 Å². The zero-order valence-corrected chi connectivity index (χ0v) is 7.09. The van der Waals surface area contributed by atoms with Gasteiger partial charge in [-0.15, -0.1) is 5.73 Å². The fourth-order valence-electron chi connectivity index (χ4n) is 0.275. The number of allylic oxidation sites excluding steroid dienone is 4. The van der Waals surface area contributed by atoms with E-state index in [4.69, 9.17) is 0 Å². The predicted molar refractivity (Wildman–Crippen MR) is 49.0 cm³/mol. The number of rotatable bonds is 2. The molecule has 0 radical (unpaired) electrons. The van der Waals surface area contributed by atoms with Crippen LogP contribution in [0.1, 0.15) is 20.8 Å². The molecule has 0 heterocycles. The Morgan fingerprint density at radius 2 is 1.80 bits per heavy atom. The summed E-state index contributed by atoms with van der Waals surface area (Å²) in [5.74, 6) is 0. The Balaban J connectivity index is 0. The van der Waals surface area contributed by atoms with E-state index in [2.05, 4.69) is 12.3 Å². The number of hydrogen-bond donors (Lipinski definition) is 0. The van der Waals surface area contributed by atoms with Crippen LogP contribution >= 0.6 is 0 Å². The minimum absolute atomic E-state index is 1.69. The minimum atomic E-state index is 1.69. The van der Waals surface area contributed by atoms with E-state index in [1.807, 2.05) is 39.0 Å². The Morgan fingerprint density at radius 3 is 2.20 bits per heavy atom. The molecule has 10 heavy (non-hydrogen) atoms. The summed E-state index contributed by atoms with van der Waals surface area (Å²) in [5, 5.41) is 0. The molecule has 0 spiro atoms. The normalized spacial score (nSPS) is 7.10. The standard InChI is InChI=1S/C8H10.C2H6/c1-3-5-7-8-6-4-2;1-2/h3-6,8H,1H2,2H3;1-2H3/b6-4-;. The lowest BCUT2D eigenvalue weighted by atomic mass is 10.5. The van der Waals surface area contributed by atoms with E-state index < -0.39 is 0 Å². The average Bonchev–Trinajstić information content (AvgIpc) is 2.02. The van der Waals surface area contributed by atoms with Crippen LogP contribution in [0.15, 0.2) is 42.7 Å². The van der Waals surface area contributed by atoms with E-state index >= 15 is 0 Å². The Morgan fingerprint density at radius 1 is 1.20 bits per heavy atom. The molecule has 0 aromatic heterocycles. The summed E-state index contributed by atoms with van der Waals surface area (Å²) in [6, 6.07) is 0. The van der Waals surface area contributed by atoms with E-state index in [1.165, 1.54) is 0 Å². The molecule has 56 valence electrons. The van der Waals surface area contributed by atoms with Gasteiger partial charge in [-0.25, -0.2) is 0 Å². The monoisotopic (exact) mass is 136 g/mol. The first kappa shape index (κ1) is 11.8. The Labute approximate surface area is 64.3 Å². The van der Waals surface area contributed by atoms with Gasteiger partial charge in [-0.2, -0.15) is 0 Å². The van der Waals surface area contributed by atoms with Crippen molar-refractivity contribution in [1.82, 2.24) is 0 Å². The zero-order valence-electron chi connectivity index (χ0n) is 7.09. The van der Waals surface area contributed by atoms with Gasteiger partial charge in [-0.05, 0) is 19.1 Å². The predicted octanol–water partition coefficient (Wildman–Crippen LogP) is 3.49. The third-order valence-electron chi connectivity index (χ3n) is 0.599. The van der Waals surface area contributed by atoms with Crippen molar-refractivity contribution in [2.24, 2.45) is 0 Å². The summed E-state index contributed by atoms with van der Waals surface area (Å²) in [5.41, 5.74) is 2.88. The molecule has 0 heteroatoms. The van der Waals surface area contributed by atoms with Gasteiger partial charge in [0, 0.05) is 0 Å². The Bertz CT molecular complexity index is 132. The second kappa shape index (κ2) is 15.7. The van der Waals surface area contributed by atoms with Gasteiger partial charge >= 0.3 is 0 Å². The van der Waals surface area contributed by atoms with Crippen LogP contribution in [0, 0.1) is 0 Å². The smallest absolute Gasteiger partial charge is 0.0203 e. The lowest BCUT2D eigenvalue weighted by Crippen LogP contribution is -1.40. The maximum atomic E-state index is 3.50. The molecule has 0 aromatic rings. The molecule has 0 N–H and O–H groups in total. The molecule has 0 saturated heterocycles. The fourth-order valence-corrected chi connectivity index (χ4v) is 0.275. The maximum absolute atomic E-state index is 3.50. The van der Waals surface area contributed by atoms with E-state index in [0.29, 0.717) is 0 Å². The second-order valence-electron chi connectivity index (χ2n) is 1.26. The third-order valence-corrected chi connectivity index (χ3v) is 0.599. The van der Waals surface area contributed by atoms with Crippen molar-refractivity contribution in [3.8, 4) is 0 Å². The number of hydrogen-bond acceptors (Lipinski definition) is 0. The van der Waals surface area contributed by atoms with E-state index in [9.17, 15) is 0 Å². The van der Waals surface area contributed by atoms with Crippen molar-refractivity contribution in [3.05, 3.63) is 42.7 Å². The van der Waals surface area contributed by atoms with Crippen molar-refractivity contribution in [1.29, 1.82) is 0 Å². The molecule has 0 saturated carbocycles. The summed E-state index contributed by atoms with van der Waals surface area (Å²) in [7, 11) is 0. The summed E-state index contributed by atoms with van der Waals surface area (Å²) >= 11 is 0. The highest BCUT2D eigenvalue weighted by molar-refractivity contribution is 5.05. The van der Waals surface area contributed by atoms with Gasteiger partial charge in [0.25, 0.3) is 0 Å². The van der Waals surface area contributed by atoms with Gasteiger partial charge in [0.1, 0.15) is 0 Å². The first-order valence-electron chi connectivity index (χ1n) is 3.56. The summed E-state index contributed by atoms with van der Waals surface area (Å²) in [6.45, 7) is 9.46. The Hall–Kier alpha value is -1.00. The van der Waals surface area contributed by atoms with E-state index in [1.54, 1.807) is 12.2 Å². The van der Waals surface area contributed by atoms with Gasteiger partial charge in [-0.1, -0.05) is 38.7 Å². The molecule has 0 nitrogen and oxygen atoms in total. The molecule has 0 amide bonds. The largest absolute Gasteiger partial charge is 0.121 e.